The van der Waals surface area contributed by atoms with E-state index in [1.165, 1.54) is 13.4 Å². The Hall–Kier alpha value is -4.13. The molecule has 3 atom stereocenters. The van der Waals surface area contributed by atoms with Gasteiger partial charge in [-0.1, -0.05) is 18.2 Å². The molecule has 0 radical (unpaired) electrons. The largest absolute Gasteiger partial charge is 0.456 e. The van der Waals surface area contributed by atoms with Crippen molar-refractivity contribution in [2.45, 2.75) is 24.9 Å². The molecule has 4 aromatic rings. The van der Waals surface area contributed by atoms with Crippen LogP contribution in [0, 0.1) is 0 Å². The Balaban J connectivity index is 1.50. The van der Waals surface area contributed by atoms with Gasteiger partial charge in [0.1, 0.15) is 23.7 Å². The van der Waals surface area contributed by atoms with Crippen LogP contribution in [0.2, 0.25) is 0 Å². The van der Waals surface area contributed by atoms with Gasteiger partial charge in [-0.05, 0) is 18.2 Å². The molecule has 35 heavy (non-hydrogen) atoms. The number of imidazole rings is 1. The van der Waals surface area contributed by atoms with Crippen LogP contribution in [0.5, 0.6) is 11.5 Å². The van der Waals surface area contributed by atoms with E-state index in [9.17, 15) is 9.90 Å². The number of aliphatic hydroxyl groups excluding tert-OH is 1. The zero-order valence-corrected chi connectivity index (χ0v) is 19.0. The number of carbonyl (C=O) groups excluding carboxylic acids is 1. The van der Waals surface area contributed by atoms with Gasteiger partial charge in [-0.2, -0.15) is 0 Å². The summed E-state index contributed by atoms with van der Waals surface area (Å²) in [4.78, 5) is 34.7. The van der Waals surface area contributed by atoms with E-state index in [0.717, 1.165) is 0 Å². The molecule has 0 bridgehead atoms. The summed E-state index contributed by atoms with van der Waals surface area (Å²) in [6.07, 6.45) is 2.12. The monoisotopic (exact) mass is 477 g/mol. The number of hydroxylamine groups is 1. The maximum atomic E-state index is 12.1. The van der Waals surface area contributed by atoms with Crippen LogP contribution in [-0.2, 0) is 14.4 Å². The fraction of sp³-hybridized carbons (Fsp3) is 0.261. The molecule has 1 aromatic carbocycles. The van der Waals surface area contributed by atoms with Crippen LogP contribution in [-0.4, -0.2) is 61.9 Å². The number of hydrogen-bond donors (Lipinski definition) is 3. The number of hydrogen-bond acceptors (Lipinski definition) is 10. The number of carbonyl (C=O) groups is 1. The number of ether oxygens (including phenoxy) is 2. The van der Waals surface area contributed by atoms with Crippen molar-refractivity contribution in [3.8, 4) is 22.9 Å². The van der Waals surface area contributed by atoms with Gasteiger partial charge < -0.3 is 19.9 Å². The van der Waals surface area contributed by atoms with Crippen LogP contribution in [0.3, 0.4) is 0 Å². The lowest BCUT2D eigenvalue weighted by Gasteiger charge is -2.17. The number of nitrogens with one attached hydrogen (secondary N) is 2. The summed E-state index contributed by atoms with van der Waals surface area (Å²) in [5.74, 6) is 1.58. The second-order valence-corrected chi connectivity index (χ2v) is 7.78. The van der Waals surface area contributed by atoms with Gasteiger partial charge in [0.05, 0.1) is 19.6 Å². The molecular weight excluding hydrogens is 454 g/mol. The van der Waals surface area contributed by atoms with Crippen molar-refractivity contribution >= 4 is 22.9 Å². The van der Waals surface area contributed by atoms with E-state index >= 15 is 0 Å². The topological polar surface area (TPSA) is 146 Å². The second-order valence-electron chi connectivity index (χ2n) is 7.78. The number of anilines is 1. The summed E-state index contributed by atoms with van der Waals surface area (Å²) in [6, 6.07) is 11.2. The molecule has 0 spiro atoms. The first-order valence-corrected chi connectivity index (χ1v) is 10.8. The van der Waals surface area contributed by atoms with Gasteiger partial charge in [-0.15, -0.1) is 0 Å². The zero-order valence-electron chi connectivity index (χ0n) is 19.0. The quantitative estimate of drug-likeness (QED) is 0.338. The number of nitrogens with zero attached hydrogens (tertiary/aromatic N) is 5. The molecule has 3 aromatic heterocycles. The van der Waals surface area contributed by atoms with Crippen molar-refractivity contribution < 1.29 is 24.2 Å². The van der Waals surface area contributed by atoms with E-state index in [2.05, 4.69) is 35.6 Å². The predicted molar refractivity (Wildman–Crippen MR) is 124 cm³/mol. The minimum atomic E-state index is -0.958. The molecule has 4 heterocycles. The lowest BCUT2D eigenvalue weighted by atomic mass is 10.2. The predicted octanol–water partition coefficient (Wildman–Crippen LogP) is 2.05. The number of rotatable bonds is 7. The van der Waals surface area contributed by atoms with Crippen molar-refractivity contribution in [1.82, 2.24) is 30.0 Å². The number of benzene rings is 1. The second kappa shape index (κ2) is 9.62. The summed E-state index contributed by atoms with van der Waals surface area (Å²) < 4.78 is 13.3. The first-order valence-electron chi connectivity index (χ1n) is 10.8. The summed E-state index contributed by atoms with van der Waals surface area (Å²) in [5.41, 5.74) is 3.76. The molecule has 3 N–H and O–H groups in total. The fourth-order valence-corrected chi connectivity index (χ4v) is 3.86. The van der Waals surface area contributed by atoms with Crippen molar-refractivity contribution in [2.75, 3.05) is 19.5 Å². The van der Waals surface area contributed by atoms with Gasteiger partial charge in [-0.25, -0.2) is 20.4 Å². The fourth-order valence-electron chi connectivity index (χ4n) is 3.86. The Morgan fingerprint density at radius 2 is 2.03 bits per heavy atom. The van der Waals surface area contributed by atoms with Crippen LogP contribution < -0.4 is 15.5 Å². The highest BCUT2D eigenvalue weighted by molar-refractivity contribution is 5.85. The summed E-state index contributed by atoms with van der Waals surface area (Å²) >= 11 is 0. The number of aromatic nitrogens is 5. The van der Waals surface area contributed by atoms with E-state index in [4.69, 9.17) is 9.47 Å². The molecule has 1 saturated heterocycles. The molecule has 0 unspecified atom stereocenters. The Morgan fingerprint density at radius 3 is 2.80 bits per heavy atom. The minimum absolute atomic E-state index is 0.0964. The first kappa shape index (κ1) is 22.7. The lowest BCUT2D eigenvalue weighted by Crippen LogP contribution is -2.33. The van der Waals surface area contributed by atoms with E-state index in [0.29, 0.717) is 39.9 Å². The van der Waals surface area contributed by atoms with Crippen LogP contribution in [0.25, 0.3) is 22.6 Å². The van der Waals surface area contributed by atoms with Crippen LogP contribution >= 0.6 is 0 Å². The Morgan fingerprint density at radius 1 is 1.20 bits per heavy atom. The van der Waals surface area contributed by atoms with Crippen molar-refractivity contribution in [1.29, 1.82) is 0 Å². The normalized spacial score (nSPS) is 19.6. The maximum absolute atomic E-state index is 12.1. The first-order chi connectivity index (χ1) is 17.1. The van der Waals surface area contributed by atoms with Gasteiger partial charge in [0.15, 0.2) is 29.0 Å². The maximum Gasteiger partial charge on any atom is 0.272 e. The molecule has 1 fully saturated rings. The minimum Gasteiger partial charge on any atom is -0.456 e. The number of fused-ring (bicyclic) bond motifs is 1. The third kappa shape index (κ3) is 4.49. The van der Waals surface area contributed by atoms with Crippen LogP contribution in [0.1, 0.15) is 12.6 Å². The third-order valence-electron chi connectivity index (χ3n) is 5.47. The van der Waals surface area contributed by atoms with Gasteiger partial charge in [0.2, 0.25) is 0 Å². The number of para-hydroxylation sites is 1. The van der Waals surface area contributed by atoms with Crippen molar-refractivity contribution in [2.24, 2.45) is 0 Å². The molecule has 12 nitrogen and oxygen atoms in total. The molecule has 1 aliphatic heterocycles. The van der Waals surface area contributed by atoms with E-state index < -0.39 is 24.3 Å². The molecule has 0 saturated carbocycles. The third-order valence-corrected chi connectivity index (χ3v) is 5.47. The van der Waals surface area contributed by atoms with E-state index in [1.54, 1.807) is 30.1 Å². The molecule has 1 aliphatic rings. The average Bonchev–Trinajstić information content (AvgIpc) is 3.47. The molecule has 5 rings (SSSR count). The number of pyridine rings is 1. The molecular formula is C23H23N7O5. The van der Waals surface area contributed by atoms with E-state index in [1.807, 2.05) is 30.3 Å². The molecule has 12 heteroatoms. The number of aliphatic hydroxyl groups is 1. The van der Waals surface area contributed by atoms with Gasteiger partial charge >= 0.3 is 0 Å². The smallest absolute Gasteiger partial charge is 0.272 e. The van der Waals surface area contributed by atoms with Crippen LogP contribution in [0.4, 0.5) is 5.82 Å². The van der Waals surface area contributed by atoms with Gasteiger partial charge in [0, 0.05) is 25.2 Å². The Labute approximate surface area is 199 Å². The van der Waals surface area contributed by atoms with E-state index in [-0.39, 0.29) is 6.42 Å². The standard InChI is InChI=1S/C23H23N7O5/c1-24-20-18-21(30(12-26-18)23-16(31)9-17(35-23)22(32)29-33-2)28-19(27-20)13-8-15(11-25-10-13)34-14-6-4-3-5-7-14/h3-8,10-12,16-17,23,31H,9H2,1-2H3,(H,29,32)(H,24,27,28)/t16-,17+,23-/m1/s1. The van der Waals surface area contributed by atoms with Crippen molar-refractivity contribution in [3.05, 3.63) is 55.1 Å². The van der Waals surface area contributed by atoms with Gasteiger partial charge in [0.25, 0.3) is 5.91 Å². The summed E-state index contributed by atoms with van der Waals surface area (Å²) in [7, 11) is 3.06. The molecule has 180 valence electrons. The highest BCUT2D eigenvalue weighted by atomic mass is 16.6. The van der Waals surface area contributed by atoms with Crippen molar-refractivity contribution in [3.63, 3.8) is 0 Å². The van der Waals surface area contributed by atoms with Gasteiger partial charge in [-0.3, -0.25) is 19.2 Å². The highest BCUT2D eigenvalue weighted by Crippen LogP contribution is 2.33. The Kier molecular flexibility index (Phi) is 6.23. The summed E-state index contributed by atoms with van der Waals surface area (Å²) in [5, 5.41) is 13.6. The average molecular weight is 477 g/mol. The Bertz CT molecular complexity index is 1350. The summed E-state index contributed by atoms with van der Waals surface area (Å²) in [6.45, 7) is 0. The molecule has 0 aliphatic carbocycles. The lowest BCUT2D eigenvalue weighted by molar-refractivity contribution is -0.145. The zero-order chi connectivity index (χ0) is 24.4. The SMILES string of the molecule is CNc1nc(-c2cncc(Oc3ccccc3)c2)nc2c1ncn2[C@@H]1O[C@H](C(=O)NOC)C[C@H]1O. The van der Waals surface area contributed by atoms with Crippen LogP contribution in [0.15, 0.2) is 55.1 Å². The molecule has 1 amide bonds. The number of amides is 1. The highest BCUT2D eigenvalue weighted by Gasteiger charge is 2.40.